The lowest BCUT2D eigenvalue weighted by atomic mass is 10.1. The van der Waals surface area contributed by atoms with Crippen molar-refractivity contribution >= 4 is 23.2 Å². The number of para-hydroxylation sites is 1. The maximum Gasteiger partial charge on any atom is 0.253 e. The Morgan fingerprint density at radius 3 is 2.78 bits per heavy atom. The molecule has 100 valence electrons. The molecule has 0 unspecified atom stereocenters. The predicted molar refractivity (Wildman–Crippen MR) is 76.0 cm³/mol. The molecule has 0 aromatic heterocycles. The van der Waals surface area contributed by atoms with E-state index < -0.39 is 0 Å². The van der Waals surface area contributed by atoms with Gasteiger partial charge < -0.3 is 16.0 Å². The summed E-state index contributed by atoms with van der Waals surface area (Å²) in [7, 11) is 2.02. The summed E-state index contributed by atoms with van der Waals surface area (Å²) in [5, 5.41) is 3.24. The van der Waals surface area contributed by atoms with Gasteiger partial charge in [0.15, 0.2) is 0 Å². The molecule has 18 heavy (non-hydrogen) atoms. The number of hydrogen-bond donors (Lipinski definition) is 2. The lowest BCUT2D eigenvalue weighted by molar-refractivity contribution is 0.0949. The third-order valence-corrected chi connectivity index (χ3v) is 3.26. The zero-order valence-electron chi connectivity index (χ0n) is 11.0. The number of carbonyl (C=O) groups excluding carboxylic acids is 1. The van der Waals surface area contributed by atoms with Crippen LogP contribution in [0.3, 0.4) is 0 Å². The number of carbonyl (C=O) groups is 1. The van der Waals surface area contributed by atoms with Crippen LogP contribution in [0.1, 0.15) is 24.2 Å². The number of anilines is 1. The number of nitrogens with one attached hydrogen (secondary N) is 1. The fraction of sp³-hybridized carbons (Fsp3) is 0.462. The van der Waals surface area contributed by atoms with Crippen molar-refractivity contribution in [3.8, 4) is 0 Å². The van der Waals surface area contributed by atoms with E-state index in [0.29, 0.717) is 28.9 Å². The molecule has 3 N–H and O–H groups in total. The van der Waals surface area contributed by atoms with E-state index in [-0.39, 0.29) is 5.91 Å². The highest BCUT2D eigenvalue weighted by Gasteiger charge is 2.11. The zero-order chi connectivity index (χ0) is 13.7. The normalized spacial score (nSPS) is 11.0. The minimum atomic E-state index is -0.188. The van der Waals surface area contributed by atoms with Crippen molar-refractivity contribution in [1.29, 1.82) is 0 Å². The lowest BCUT2D eigenvalue weighted by Gasteiger charge is -2.21. The van der Waals surface area contributed by atoms with Crippen molar-refractivity contribution < 1.29 is 4.79 Å². The Kier molecular flexibility index (Phi) is 5.44. The van der Waals surface area contributed by atoms with Gasteiger partial charge in [-0.3, -0.25) is 4.79 Å². The van der Waals surface area contributed by atoms with Gasteiger partial charge in [0.25, 0.3) is 5.91 Å². The van der Waals surface area contributed by atoms with Crippen LogP contribution >= 0.6 is 11.6 Å². The molecule has 1 rings (SSSR count). The Balaban J connectivity index is 2.54. The van der Waals surface area contributed by atoms with Crippen LogP contribution in [0.15, 0.2) is 18.2 Å². The van der Waals surface area contributed by atoms with Crippen molar-refractivity contribution in [1.82, 2.24) is 10.2 Å². The molecule has 0 radical (unpaired) electrons. The van der Waals surface area contributed by atoms with Gasteiger partial charge in [-0.25, -0.2) is 0 Å². The van der Waals surface area contributed by atoms with E-state index in [0.717, 1.165) is 6.54 Å². The summed E-state index contributed by atoms with van der Waals surface area (Å²) in [5.74, 6) is -0.188. The first-order valence-electron chi connectivity index (χ1n) is 5.96. The third kappa shape index (κ3) is 3.89. The summed E-state index contributed by atoms with van der Waals surface area (Å²) < 4.78 is 0. The highest BCUT2D eigenvalue weighted by molar-refractivity contribution is 6.33. The van der Waals surface area contributed by atoms with Gasteiger partial charge in [0, 0.05) is 19.1 Å². The molecule has 1 amide bonds. The van der Waals surface area contributed by atoms with E-state index in [1.165, 1.54) is 0 Å². The van der Waals surface area contributed by atoms with Gasteiger partial charge in [-0.15, -0.1) is 0 Å². The van der Waals surface area contributed by atoms with Crippen LogP contribution in [-0.2, 0) is 0 Å². The van der Waals surface area contributed by atoms with Crippen LogP contribution in [0.4, 0.5) is 5.69 Å². The van der Waals surface area contributed by atoms with Crippen molar-refractivity contribution in [2.45, 2.75) is 19.9 Å². The molecule has 5 heteroatoms. The van der Waals surface area contributed by atoms with Gasteiger partial charge in [-0.2, -0.15) is 0 Å². The quantitative estimate of drug-likeness (QED) is 0.804. The van der Waals surface area contributed by atoms with Crippen LogP contribution in [0.25, 0.3) is 0 Å². The number of nitrogens with two attached hydrogens (primary N) is 1. The van der Waals surface area contributed by atoms with Gasteiger partial charge in [0.05, 0.1) is 16.3 Å². The SMILES string of the molecule is CC(C)N(C)CCNC(=O)c1cccc(Cl)c1N. The molecule has 0 fully saturated rings. The fourth-order valence-electron chi connectivity index (χ4n) is 1.43. The van der Waals surface area contributed by atoms with E-state index in [9.17, 15) is 4.79 Å². The Morgan fingerprint density at radius 1 is 1.50 bits per heavy atom. The first-order valence-corrected chi connectivity index (χ1v) is 6.33. The van der Waals surface area contributed by atoms with E-state index >= 15 is 0 Å². The van der Waals surface area contributed by atoms with Crippen LogP contribution < -0.4 is 11.1 Å². The average Bonchev–Trinajstić information content (AvgIpc) is 2.32. The summed E-state index contributed by atoms with van der Waals surface area (Å²) >= 11 is 5.87. The molecule has 0 aliphatic carbocycles. The van der Waals surface area contributed by atoms with Crippen LogP contribution in [0.2, 0.25) is 5.02 Å². The lowest BCUT2D eigenvalue weighted by Crippen LogP contribution is -2.36. The van der Waals surface area contributed by atoms with Gasteiger partial charge in [0.1, 0.15) is 0 Å². The summed E-state index contributed by atoms with van der Waals surface area (Å²) in [4.78, 5) is 14.1. The Hall–Kier alpha value is -1.26. The number of likely N-dealkylation sites (N-methyl/N-ethyl adjacent to an activating group) is 1. The summed E-state index contributed by atoms with van der Waals surface area (Å²) in [6.07, 6.45) is 0. The summed E-state index contributed by atoms with van der Waals surface area (Å²) in [6, 6.07) is 5.51. The van der Waals surface area contributed by atoms with Crippen LogP contribution in [0.5, 0.6) is 0 Å². The second-order valence-electron chi connectivity index (χ2n) is 4.53. The molecular formula is C13H20ClN3O. The number of halogens is 1. The van der Waals surface area contributed by atoms with E-state index in [4.69, 9.17) is 17.3 Å². The van der Waals surface area contributed by atoms with Gasteiger partial charge in [0.2, 0.25) is 0 Å². The largest absolute Gasteiger partial charge is 0.397 e. The standard InChI is InChI=1S/C13H20ClN3O/c1-9(2)17(3)8-7-16-13(18)10-5-4-6-11(14)12(10)15/h4-6,9H,7-8,15H2,1-3H3,(H,16,18). The minimum Gasteiger partial charge on any atom is -0.397 e. The summed E-state index contributed by atoms with van der Waals surface area (Å²) in [5.41, 5.74) is 6.51. The van der Waals surface area contributed by atoms with Gasteiger partial charge in [-0.05, 0) is 33.0 Å². The van der Waals surface area contributed by atoms with Crippen molar-refractivity contribution in [2.75, 3.05) is 25.9 Å². The smallest absolute Gasteiger partial charge is 0.253 e. The van der Waals surface area contributed by atoms with Crippen LogP contribution in [0, 0.1) is 0 Å². The van der Waals surface area contributed by atoms with E-state index in [1.54, 1.807) is 18.2 Å². The predicted octanol–water partition coefficient (Wildman–Crippen LogP) is 1.99. The van der Waals surface area contributed by atoms with Gasteiger partial charge >= 0.3 is 0 Å². The highest BCUT2D eigenvalue weighted by atomic mass is 35.5. The molecule has 4 nitrogen and oxygen atoms in total. The van der Waals surface area contributed by atoms with Gasteiger partial charge in [-0.1, -0.05) is 17.7 Å². The number of nitrogens with zero attached hydrogens (tertiary/aromatic N) is 1. The fourth-order valence-corrected chi connectivity index (χ4v) is 1.61. The molecule has 0 aliphatic heterocycles. The second-order valence-corrected chi connectivity index (χ2v) is 4.94. The molecule has 0 aliphatic rings. The minimum absolute atomic E-state index is 0.188. The Morgan fingerprint density at radius 2 is 2.17 bits per heavy atom. The third-order valence-electron chi connectivity index (χ3n) is 2.93. The molecule has 0 saturated carbocycles. The highest BCUT2D eigenvalue weighted by Crippen LogP contribution is 2.21. The topological polar surface area (TPSA) is 58.4 Å². The molecule has 0 heterocycles. The molecule has 0 saturated heterocycles. The first-order chi connectivity index (χ1) is 8.43. The monoisotopic (exact) mass is 269 g/mol. The maximum absolute atomic E-state index is 11.9. The number of hydrogen-bond acceptors (Lipinski definition) is 3. The van der Waals surface area contributed by atoms with Crippen molar-refractivity contribution in [3.05, 3.63) is 28.8 Å². The molecule has 1 aromatic rings. The molecule has 1 aromatic carbocycles. The van der Waals surface area contributed by atoms with Crippen LogP contribution in [-0.4, -0.2) is 37.0 Å². The first kappa shape index (κ1) is 14.8. The molecule has 0 spiro atoms. The van der Waals surface area contributed by atoms with Crippen molar-refractivity contribution in [3.63, 3.8) is 0 Å². The second kappa shape index (κ2) is 6.61. The maximum atomic E-state index is 11.9. The Bertz CT molecular complexity index is 421. The average molecular weight is 270 g/mol. The number of rotatable bonds is 5. The molecular weight excluding hydrogens is 250 g/mol. The Labute approximate surface area is 113 Å². The number of amides is 1. The molecule has 0 atom stereocenters. The molecule has 0 bridgehead atoms. The summed E-state index contributed by atoms with van der Waals surface area (Å²) in [6.45, 7) is 5.59. The van der Waals surface area contributed by atoms with Crippen molar-refractivity contribution in [2.24, 2.45) is 0 Å². The van der Waals surface area contributed by atoms with E-state index in [2.05, 4.69) is 24.1 Å². The zero-order valence-corrected chi connectivity index (χ0v) is 11.8. The van der Waals surface area contributed by atoms with E-state index in [1.807, 2.05) is 7.05 Å². The number of benzene rings is 1. The number of nitrogen functional groups attached to an aromatic ring is 1.